The van der Waals surface area contributed by atoms with E-state index >= 15 is 0 Å². The lowest BCUT2D eigenvalue weighted by molar-refractivity contribution is 0.221. The van der Waals surface area contributed by atoms with Gasteiger partial charge in [0.05, 0.1) is 19.7 Å². The number of hydrogen-bond acceptors (Lipinski definition) is 6. The molecule has 1 saturated heterocycles. The molecule has 0 aliphatic carbocycles. The van der Waals surface area contributed by atoms with Crippen LogP contribution < -0.4 is 4.74 Å². The van der Waals surface area contributed by atoms with Gasteiger partial charge < -0.3 is 4.74 Å². The van der Waals surface area contributed by atoms with Gasteiger partial charge in [-0.05, 0) is 71.8 Å². The van der Waals surface area contributed by atoms with Crippen molar-refractivity contribution in [1.29, 1.82) is 0 Å². The Morgan fingerprint density at radius 3 is 2.36 bits per heavy atom. The fourth-order valence-electron chi connectivity index (χ4n) is 3.85. The lowest BCUT2D eigenvalue weighted by Crippen LogP contribution is -2.33. The smallest absolute Gasteiger partial charge is 0.173 e. The number of methoxy groups -OCH3 is 1. The zero-order valence-electron chi connectivity index (χ0n) is 16.2. The molecule has 4 rings (SSSR count). The maximum atomic E-state index is 5.26. The first-order chi connectivity index (χ1) is 13.8. The maximum Gasteiger partial charge on any atom is 0.173 e. The Hall–Kier alpha value is -2.80. The molecule has 0 N–H and O–H groups in total. The molecule has 7 nitrogen and oxygen atoms in total. The fraction of sp³-hybridized carbons (Fsp3) is 0.429. The standard InChI is InChI=1S/C21H26N6O/c1-28-19-8-6-17(7-9-19)16-27-21(23-24-25-27)20(18-10-12-22-13-11-18)26-14-4-2-3-5-15-26/h6-13,20H,2-5,14-16H2,1H3/t20-/m1/s1. The molecule has 3 aromatic rings. The molecular weight excluding hydrogens is 352 g/mol. The molecule has 1 aliphatic heterocycles. The van der Waals surface area contributed by atoms with Crippen molar-refractivity contribution in [2.24, 2.45) is 0 Å². The minimum atomic E-state index is 0.0364. The average Bonchev–Trinajstić information content (AvgIpc) is 3.02. The summed E-state index contributed by atoms with van der Waals surface area (Å²) in [6, 6.07) is 12.2. The van der Waals surface area contributed by atoms with Gasteiger partial charge in [0, 0.05) is 12.4 Å². The third kappa shape index (κ3) is 4.20. The summed E-state index contributed by atoms with van der Waals surface area (Å²) in [5, 5.41) is 12.8. The highest BCUT2D eigenvalue weighted by atomic mass is 16.5. The van der Waals surface area contributed by atoms with E-state index in [9.17, 15) is 0 Å². The van der Waals surface area contributed by atoms with Crippen LogP contribution in [0.2, 0.25) is 0 Å². The van der Waals surface area contributed by atoms with E-state index in [4.69, 9.17) is 4.74 Å². The van der Waals surface area contributed by atoms with E-state index in [2.05, 4.69) is 49.7 Å². The van der Waals surface area contributed by atoms with E-state index in [1.54, 1.807) is 7.11 Å². The second-order valence-corrected chi connectivity index (χ2v) is 7.18. The summed E-state index contributed by atoms with van der Waals surface area (Å²) in [4.78, 5) is 6.70. The predicted octanol–water partition coefficient (Wildman–Crippen LogP) is 3.09. The number of aromatic nitrogens is 5. The highest BCUT2D eigenvalue weighted by Gasteiger charge is 2.28. The van der Waals surface area contributed by atoms with Crippen molar-refractivity contribution in [3.63, 3.8) is 0 Å². The molecule has 7 heteroatoms. The Bertz CT molecular complexity index is 856. The van der Waals surface area contributed by atoms with Gasteiger partial charge in [-0.25, -0.2) is 4.68 Å². The average molecular weight is 378 g/mol. The SMILES string of the molecule is COc1ccc(Cn2nnnc2[C@@H](c2ccncc2)N2CCCCCC2)cc1. The lowest BCUT2D eigenvalue weighted by Gasteiger charge is -2.30. The van der Waals surface area contributed by atoms with E-state index in [1.165, 1.54) is 31.2 Å². The minimum absolute atomic E-state index is 0.0364. The molecule has 2 aromatic heterocycles. The Kier molecular flexibility index (Phi) is 5.92. The first-order valence-corrected chi connectivity index (χ1v) is 9.88. The first-order valence-electron chi connectivity index (χ1n) is 9.88. The van der Waals surface area contributed by atoms with Crippen LogP contribution in [0.5, 0.6) is 5.75 Å². The topological polar surface area (TPSA) is 69.0 Å². The second-order valence-electron chi connectivity index (χ2n) is 7.18. The molecule has 1 fully saturated rings. The highest BCUT2D eigenvalue weighted by molar-refractivity contribution is 5.28. The van der Waals surface area contributed by atoms with E-state index in [0.717, 1.165) is 30.2 Å². The maximum absolute atomic E-state index is 5.26. The van der Waals surface area contributed by atoms with Gasteiger partial charge in [0.2, 0.25) is 0 Å². The molecular formula is C21H26N6O. The van der Waals surface area contributed by atoms with Crippen LogP contribution in [0.3, 0.4) is 0 Å². The Labute approximate surface area is 165 Å². The van der Waals surface area contributed by atoms with Crippen molar-refractivity contribution in [2.45, 2.75) is 38.3 Å². The Morgan fingerprint density at radius 1 is 0.964 bits per heavy atom. The van der Waals surface area contributed by atoms with Gasteiger partial charge in [-0.2, -0.15) is 0 Å². The molecule has 0 saturated carbocycles. The molecule has 1 atom stereocenters. The van der Waals surface area contributed by atoms with Crippen molar-refractivity contribution >= 4 is 0 Å². The van der Waals surface area contributed by atoms with E-state index in [1.807, 2.05) is 29.2 Å². The normalized spacial score (nSPS) is 16.5. The third-order valence-corrected chi connectivity index (χ3v) is 5.32. The van der Waals surface area contributed by atoms with Crippen LogP contribution >= 0.6 is 0 Å². The van der Waals surface area contributed by atoms with Gasteiger partial charge in [-0.3, -0.25) is 9.88 Å². The molecule has 0 bridgehead atoms. The summed E-state index contributed by atoms with van der Waals surface area (Å²) < 4.78 is 7.17. The molecule has 146 valence electrons. The zero-order chi connectivity index (χ0) is 19.2. The van der Waals surface area contributed by atoms with Gasteiger partial charge in [0.15, 0.2) is 5.82 Å². The predicted molar refractivity (Wildman–Crippen MR) is 106 cm³/mol. The molecule has 1 aliphatic rings. The fourth-order valence-corrected chi connectivity index (χ4v) is 3.85. The quantitative estimate of drug-likeness (QED) is 0.657. The lowest BCUT2D eigenvalue weighted by atomic mass is 10.1. The number of likely N-dealkylation sites (tertiary alicyclic amines) is 1. The van der Waals surface area contributed by atoms with Crippen LogP contribution in [0.15, 0.2) is 48.8 Å². The number of ether oxygens (including phenoxy) is 1. The zero-order valence-corrected chi connectivity index (χ0v) is 16.2. The van der Waals surface area contributed by atoms with Gasteiger partial charge in [-0.15, -0.1) is 5.10 Å². The Balaban J connectivity index is 1.65. The minimum Gasteiger partial charge on any atom is -0.497 e. The molecule has 0 spiro atoms. The van der Waals surface area contributed by atoms with Gasteiger partial charge in [-0.1, -0.05) is 25.0 Å². The summed E-state index contributed by atoms with van der Waals surface area (Å²) >= 11 is 0. The Morgan fingerprint density at radius 2 is 1.68 bits per heavy atom. The van der Waals surface area contributed by atoms with Crippen LogP contribution in [0.25, 0.3) is 0 Å². The van der Waals surface area contributed by atoms with Crippen molar-refractivity contribution in [3.05, 3.63) is 65.7 Å². The van der Waals surface area contributed by atoms with Crippen LogP contribution in [0.1, 0.15) is 48.7 Å². The van der Waals surface area contributed by atoms with Crippen molar-refractivity contribution in [1.82, 2.24) is 30.1 Å². The van der Waals surface area contributed by atoms with Crippen LogP contribution in [-0.4, -0.2) is 50.3 Å². The molecule has 1 aromatic carbocycles. The third-order valence-electron chi connectivity index (χ3n) is 5.32. The number of benzene rings is 1. The van der Waals surface area contributed by atoms with Crippen LogP contribution in [0, 0.1) is 0 Å². The summed E-state index contributed by atoms with van der Waals surface area (Å²) in [6.45, 7) is 2.74. The first kappa shape index (κ1) is 18.6. The van der Waals surface area contributed by atoms with Crippen LogP contribution in [0.4, 0.5) is 0 Å². The summed E-state index contributed by atoms with van der Waals surface area (Å²) in [5.74, 6) is 1.73. The van der Waals surface area contributed by atoms with Gasteiger partial charge in [0.25, 0.3) is 0 Å². The number of hydrogen-bond donors (Lipinski definition) is 0. The van der Waals surface area contributed by atoms with Gasteiger partial charge in [0.1, 0.15) is 5.75 Å². The van der Waals surface area contributed by atoms with Crippen molar-refractivity contribution in [2.75, 3.05) is 20.2 Å². The van der Waals surface area contributed by atoms with E-state index < -0.39 is 0 Å². The van der Waals surface area contributed by atoms with Gasteiger partial charge >= 0.3 is 0 Å². The van der Waals surface area contributed by atoms with Crippen molar-refractivity contribution in [3.8, 4) is 5.75 Å². The molecule has 28 heavy (non-hydrogen) atoms. The highest BCUT2D eigenvalue weighted by Crippen LogP contribution is 2.29. The molecule has 3 heterocycles. The number of nitrogens with zero attached hydrogens (tertiary/aromatic N) is 6. The summed E-state index contributed by atoms with van der Waals surface area (Å²) in [5.41, 5.74) is 2.32. The second kappa shape index (κ2) is 8.93. The summed E-state index contributed by atoms with van der Waals surface area (Å²) in [6.07, 6.45) is 8.69. The van der Waals surface area contributed by atoms with E-state index in [-0.39, 0.29) is 6.04 Å². The molecule has 0 unspecified atom stereocenters. The number of tetrazole rings is 1. The number of pyridine rings is 1. The summed E-state index contributed by atoms with van der Waals surface area (Å²) in [7, 11) is 1.68. The molecule has 0 amide bonds. The molecule has 0 radical (unpaired) electrons. The largest absolute Gasteiger partial charge is 0.497 e. The monoisotopic (exact) mass is 378 g/mol. The number of rotatable bonds is 6. The van der Waals surface area contributed by atoms with E-state index in [0.29, 0.717) is 6.54 Å². The van der Waals surface area contributed by atoms with Crippen LogP contribution in [-0.2, 0) is 6.54 Å². The van der Waals surface area contributed by atoms with Crippen molar-refractivity contribution < 1.29 is 4.74 Å².